The van der Waals surface area contributed by atoms with E-state index in [-0.39, 0.29) is 18.4 Å². The normalized spacial score (nSPS) is 18.2. The number of nitrogens with one attached hydrogen (secondary N) is 1. The average molecular weight is 278 g/mol. The summed E-state index contributed by atoms with van der Waals surface area (Å²) in [5.41, 5.74) is -0.723. The summed E-state index contributed by atoms with van der Waals surface area (Å²) < 4.78 is 1.99. The molecule has 1 fully saturated rings. The Morgan fingerprint density at radius 1 is 1.30 bits per heavy atom. The molecule has 1 aliphatic heterocycles. The number of rotatable bonds is 5. The van der Waals surface area contributed by atoms with Crippen molar-refractivity contribution < 1.29 is 9.59 Å². The van der Waals surface area contributed by atoms with E-state index in [0.29, 0.717) is 25.9 Å². The van der Waals surface area contributed by atoms with Gasteiger partial charge in [-0.25, -0.2) is 4.98 Å². The molecule has 2 rings (SSSR count). The van der Waals surface area contributed by atoms with Gasteiger partial charge in [0.1, 0.15) is 11.4 Å². The molecule has 1 N–H and O–H groups in total. The monoisotopic (exact) mass is 278 g/mol. The molecular weight excluding hydrogens is 256 g/mol. The lowest BCUT2D eigenvalue weighted by atomic mass is 9.89. The molecular formula is C14H22N4O2. The number of aryl methyl sites for hydroxylation is 1. The van der Waals surface area contributed by atoms with E-state index in [4.69, 9.17) is 0 Å². The Balaban J connectivity index is 2.09. The first-order chi connectivity index (χ1) is 9.52. The van der Waals surface area contributed by atoms with Gasteiger partial charge in [-0.05, 0) is 19.8 Å². The van der Waals surface area contributed by atoms with Crippen molar-refractivity contribution in [3.05, 3.63) is 18.2 Å². The molecule has 1 aromatic heterocycles. The third-order valence-corrected chi connectivity index (χ3v) is 4.15. The Bertz CT molecular complexity index is 505. The molecule has 0 saturated carbocycles. The van der Waals surface area contributed by atoms with Crippen LogP contribution in [0.4, 0.5) is 0 Å². The lowest BCUT2D eigenvalue weighted by Crippen LogP contribution is -2.66. The van der Waals surface area contributed by atoms with Crippen LogP contribution in [0.1, 0.15) is 32.5 Å². The number of amides is 2. The number of carbonyl (C=O) groups is 2. The molecule has 2 heterocycles. The number of piperazine rings is 1. The van der Waals surface area contributed by atoms with Crippen LogP contribution in [-0.2, 0) is 16.1 Å². The molecule has 6 nitrogen and oxygen atoms in total. The van der Waals surface area contributed by atoms with Gasteiger partial charge in [-0.3, -0.25) is 9.59 Å². The quantitative estimate of drug-likeness (QED) is 0.862. The molecule has 0 atom stereocenters. The fourth-order valence-corrected chi connectivity index (χ4v) is 2.69. The minimum absolute atomic E-state index is 0.0277. The van der Waals surface area contributed by atoms with Gasteiger partial charge < -0.3 is 14.8 Å². The van der Waals surface area contributed by atoms with E-state index in [1.165, 1.54) is 0 Å². The molecule has 1 saturated heterocycles. The summed E-state index contributed by atoms with van der Waals surface area (Å²) in [7, 11) is 0. The van der Waals surface area contributed by atoms with E-state index in [0.717, 1.165) is 5.82 Å². The fourth-order valence-electron chi connectivity index (χ4n) is 2.69. The van der Waals surface area contributed by atoms with Gasteiger partial charge >= 0.3 is 0 Å². The summed E-state index contributed by atoms with van der Waals surface area (Å²) in [4.78, 5) is 30.3. The second-order valence-corrected chi connectivity index (χ2v) is 5.23. The van der Waals surface area contributed by atoms with Crippen molar-refractivity contribution in [2.45, 2.75) is 45.7 Å². The fraction of sp³-hybridized carbons (Fsp3) is 0.643. The highest BCUT2D eigenvalue weighted by atomic mass is 16.2. The van der Waals surface area contributed by atoms with Crippen LogP contribution in [0.3, 0.4) is 0 Å². The summed E-state index contributed by atoms with van der Waals surface area (Å²) >= 11 is 0. The van der Waals surface area contributed by atoms with Crippen LogP contribution in [0.5, 0.6) is 0 Å². The van der Waals surface area contributed by atoms with Crippen LogP contribution >= 0.6 is 0 Å². The molecule has 110 valence electrons. The Kier molecular flexibility index (Phi) is 4.11. The first-order valence-electron chi connectivity index (χ1n) is 7.10. The molecule has 20 heavy (non-hydrogen) atoms. The van der Waals surface area contributed by atoms with Crippen molar-refractivity contribution in [3.63, 3.8) is 0 Å². The van der Waals surface area contributed by atoms with Crippen molar-refractivity contribution in [1.29, 1.82) is 0 Å². The molecule has 1 aromatic rings. The number of hydrogen-bond donors (Lipinski definition) is 1. The SMILES string of the molecule is CCC1(CC)NC(=O)CN(CCn2ccnc2C)C1=O. The zero-order valence-electron chi connectivity index (χ0n) is 12.3. The van der Waals surface area contributed by atoms with E-state index in [1.807, 2.05) is 31.5 Å². The van der Waals surface area contributed by atoms with Crippen molar-refractivity contribution in [2.75, 3.05) is 13.1 Å². The highest BCUT2D eigenvalue weighted by Crippen LogP contribution is 2.22. The van der Waals surface area contributed by atoms with Crippen molar-refractivity contribution >= 4 is 11.8 Å². The molecule has 0 aliphatic carbocycles. The van der Waals surface area contributed by atoms with Gasteiger partial charge in [0.05, 0.1) is 6.54 Å². The lowest BCUT2D eigenvalue weighted by Gasteiger charge is -2.41. The van der Waals surface area contributed by atoms with Gasteiger partial charge in [-0.1, -0.05) is 13.8 Å². The predicted octanol–water partition coefficient (Wildman–Crippen LogP) is 0.709. The van der Waals surface area contributed by atoms with Crippen LogP contribution in [0.25, 0.3) is 0 Å². The smallest absolute Gasteiger partial charge is 0.248 e. The second-order valence-electron chi connectivity index (χ2n) is 5.23. The third kappa shape index (κ3) is 2.55. The number of nitrogens with zero attached hydrogens (tertiary/aromatic N) is 3. The van der Waals surface area contributed by atoms with E-state index in [9.17, 15) is 9.59 Å². The van der Waals surface area contributed by atoms with Crippen molar-refractivity contribution in [1.82, 2.24) is 19.8 Å². The number of hydrogen-bond acceptors (Lipinski definition) is 3. The van der Waals surface area contributed by atoms with Gasteiger partial charge in [-0.15, -0.1) is 0 Å². The minimum atomic E-state index is -0.723. The standard InChI is InChI=1S/C14H22N4O2/c1-4-14(5-2)13(20)18(10-12(19)16-14)9-8-17-7-6-15-11(17)3/h6-7H,4-5,8-10H2,1-3H3,(H,16,19). The highest BCUT2D eigenvalue weighted by Gasteiger charge is 2.43. The average Bonchev–Trinajstić information content (AvgIpc) is 2.85. The van der Waals surface area contributed by atoms with Gasteiger partial charge in [0.15, 0.2) is 0 Å². The predicted molar refractivity (Wildman–Crippen MR) is 75.0 cm³/mol. The summed E-state index contributed by atoms with van der Waals surface area (Å²) in [5.74, 6) is 0.867. The Labute approximate surface area is 119 Å². The molecule has 0 unspecified atom stereocenters. The molecule has 2 amide bonds. The summed E-state index contributed by atoms with van der Waals surface area (Å²) in [6, 6.07) is 0. The Hall–Kier alpha value is -1.85. The first-order valence-corrected chi connectivity index (χ1v) is 7.10. The van der Waals surface area contributed by atoms with E-state index in [1.54, 1.807) is 11.1 Å². The largest absolute Gasteiger partial charge is 0.340 e. The van der Waals surface area contributed by atoms with Crippen LogP contribution in [0.2, 0.25) is 0 Å². The zero-order chi connectivity index (χ0) is 14.8. The van der Waals surface area contributed by atoms with Crippen LogP contribution in [-0.4, -0.2) is 44.9 Å². The Morgan fingerprint density at radius 3 is 2.55 bits per heavy atom. The van der Waals surface area contributed by atoms with Crippen LogP contribution in [0, 0.1) is 6.92 Å². The van der Waals surface area contributed by atoms with E-state index >= 15 is 0 Å². The van der Waals surface area contributed by atoms with Crippen LogP contribution in [0.15, 0.2) is 12.4 Å². The number of carbonyl (C=O) groups excluding carboxylic acids is 2. The lowest BCUT2D eigenvalue weighted by molar-refractivity contribution is -0.150. The molecule has 0 bridgehead atoms. The van der Waals surface area contributed by atoms with Crippen molar-refractivity contribution in [2.24, 2.45) is 0 Å². The minimum Gasteiger partial charge on any atom is -0.340 e. The Morgan fingerprint density at radius 2 is 2.00 bits per heavy atom. The maximum atomic E-state index is 12.6. The maximum absolute atomic E-state index is 12.6. The van der Waals surface area contributed by atoms with Crippen LogP contribution < -0.4 is 5.32 Å². The molecule has 0 aromatic carbocycles. The van der Waals surface area contributed by atoms with E-state index in [2.05, 4.69) is 10.3 Å². The van der Waals surface area contributed by atoms with Gasteiger partial charge in [0.25, 0.3) is 0 Å². The first kappa shape index (κ1) is 14.6. The second kappa shape index (κ2) is 5.64. The molecule has 1 aliphatic rings. The summed E-state index contributed by atoms with van der Waals surface area (Å²) in [6.45, 7) is 7.14. The highest BCUT2D eigenvalue weighted by molar-refractivity contribution is 5.97. The molecule has 0 spiro atoms. The topological polar surface area (TPSA) is 67.2 Å². The third-order valence-electron chi connectivity index (χ3n) is 4.15. The maximum Gasteiger partial charge on any atom is 0.248 e. The summed E-state index contributed by atoms with van der Waals surface area (Å²) in [5, 5.41) is 2.86. The number of imidazole rings is 1. The van der Waals surface area contributed by atoms with Gasteiger partial charge in [0.2, 0.25) is 11.8 Å². The van der Waals surface area contributed by atoms with Gasteiger partial charge in [0, 0.05) is 25.5 Å². The molecule has 0 radical (unpaired) electrons. The molecule has 6 heteroatoms. The van der Waals surface area contributed by atoms with Gasteiger partial charge in [-0.2, -0.15) is 0 Å². The zero-order valence-corrected chi connectivity index (χ0v) is 12.3. The van der Waals surface area contributed by atoms with Crippen molar-refractivity contribution in [3.8, 4) is 0 Å². The van der Waals surface area contributed by atoms with E-state index < -0.39 is 5.54 Å². The summed E-state index contributed by atoms with van der Waals surface area (Å²) in [6.07, 6.45) is 4.86. The number of aromatic nitrogens is 2.